The van der Waals surface area contributed by atoms with Crippen LogP contribution < -0.4 is 10.6 Å². The Hall–Kier alpha value is -1.14. The normalized spacial score (nSPS) is 13.5. The van der Waals surface area contributed by atoms with Crippen molar-refractivity contribution in [2.24, 2.45) is 4.99 Å². The quantitative estimate of drug-likeness (QED) is 0.569. The van der Waals surface area contributed by atoms with Gasteiger partial charge >= 0.3 is 0 Å². The summed E-state index contributed by atoms with van der Waals surface area (Å²) in [7, 11) is 3.97. The lowest BCUT2D eigenvalue weighted by Crippen LogP contribution is -2.42. The first-order valence-corrected chi connectivity index (χ1v) is 8.44. The Bertz CT molecular complexity index is 429. The molecule has 5 nitrogen and oxygen atoms in total. The topological polar surface area (TPSA) is 52.5 Å². The maximum absolute atomic E-state index is 4.36. The Morgan fingerprint density at radius 3 is 2.71 bits per heavy atom. The maximum Gasteiger partial charge on any atom is 0.191 e. The lowest BCUT2D eigenvalue weighted by Gasteiger charge is -2.23. The third-order valence-electron chi connectivity index (χ3n) is 3.62. The first kappa shape index (κ1) is 17.9. The van der Waals surface area contributed by atoms with Gasteiger partial charge in [-0.1, -0.05) is 6.92 Å². The Balaban J connectivity index is 2.20. The fourth-order valence-electron chi connectivity index (χ4n) is 1.91. The van der Waals surface area contributed by atoms with Gasteiger partial charge in [0.05, 0.1) is 5.01 Å². The van der Waals surface area contributed by atoms with Crippen molar-refractivity contribution in [3.8, 4) is 0 Å². The Kier molecular flexibility index (Phi) is 8.30. The first-order valence-electron chi connectivity index (χ1n) is 7.62. The van der Waals surface area contributed by atoms with E-state index in [1.807, 2.05) is 6.20 Å². The molecule has 6 heteroatoms. The molecule has 0 radical (unpaired) electrons. The van der Waals surface area contributed by atoms with Crippen LogP contribution in [0.3, 0.4) is 0 Å². The number of guanidine groups is 1. The number of aryl methyl sites for hydroxylation is 1. The van der Waals surface area contributed by atoms with Gasteiger partial charge in [0.25, 0.3) is 0 Å². The van der Waals surface area contributed by atoms with Crippen LogP contribution in [0.4, 0.5) is 0 Å². The molecule has 0 fully saturated rings. The van der Waals surface area contributed by atoms with E-state index in [9.17, 15) is 0 Å². The summed E-state index contributed by atoms with van der Waals surface area (Å²) in [5, 5.41) is 7.86. The molecule has 0 aromatic carbocycles. The van der Waals surface area contributed by atoms with Gasteiger partial charge in [0.2, 0.25) is 0 Å². The number of thiazole rings is 1. The van der Waals surface area contributed by atoms with Crippen LogP contribution in [0.2, 0.25) is 0 Å². The predicted molar refractivity (Wildman–Crippen MR) is 92.3 cm³/mol. The van der Waals surface area contributed by atoms with Crippen molar-refractivity contribution in [1.82, 2.24) is 20.5 Å². The molecule has 120 valence electrons. The SMILES string of the molecule is CCC(C)N(C)CCNC(=NC)NCCc1ncc(C)s1. The van der Waals surface area contributed by atoms with E-state index in [2.05, 4.69) is 53.3 Å². The second-order valence-corrected chi connectivity index (χ2v) is 6.60. The van der Waals surface area contributed by atoms with E-state index in [1.54, 1.807) is 18.4 Å². The molecule has 21 heavy (non-hydrogen) atoms. The Morgan fingerprint density at radius 2 is 2.14 bits per heavy atom. The van der Waals surface area contributed by atoms with E-state index in [0.717, 1.165) is 32.0 Å². The summed E-state index contributed by atoms with van der Waals surface area (Å²) in [5.74, 6) is 0.862. The van der Waals surface area contributed by atoms with Crippen LogP contribution >= 0.6 is 11.3 Å². The molecule has 2 N–H and O–H groups in total. The zero-order valence-corrected chi connectivity index (χ0v) is 14.8. The van der Waals surface area contributed by atoms with Gasteiger partial charge in [-0.25, -0.2) is 4.98 Å². The van der Waals surface area contributed by atoms with Crippen LogP contribution in [0.15, 0.2) is 11.2 Å². The zero-order valence-electron chi connectivity index (χ0n) is 13.9. The molecule has 0 amide bonds. The minimum atomic E-state index is 0.620. The molecular weight excluding hydrogens is 282 g/mol. The van der Waals surface area contributed by atoms with Gasteiger partial charge in [-0.05, 0) is 27.3 Å². The molecule has 0 aliphatic carbocycles. The van der Waals surface area contributed by atoms with Crippen molar-refractivity contribution < 1.29 is 0 Å². The van der Waals surface area contributed by atoms with E-state index in [1.165, 1.54) is 16.3 Å². The second kappa shape index (κ2) is 9.73. The molecule has 1 aromatic rings. The van der Waals surface area contributed by atoms with E-state index >= 15 is 0 Å². The molecular formula is C15H29N5S. The van der Waals surface area contributed by atoms with Crippen LogP contribution in [-0.4, -0.2) is 55.6 Å². The van der Waals surface area contributed by atoms with Gasteiger partial charge in [0.15, 0.2) is 5.96 Å². The van der Waals surface area contributed by atoms with Crippen molar-refractivity contribution in [2.75, 3.05) is 33.7 Å². The summed E-state index contributed by atoms with van der Waals surface area (Å²) >= 11 is 1.76. The number of hydrogen-bond donors (Lipinski definition) is 2. The lowest BCUT2D eigenvalue weighted by molar-refractivity contribution is 0.255. The minimum Gasteiger partial charge on any atom is -0.356 e. The van der Waals surface area contributed by atoms with E-state index < -0.39 is 0 Å². The molecule has 1 heterocycles. The number of aliphatic imine (C=N–C) groups is 1. The molecule has 0 aliphatic heterocycles. The average Bonchev–Trinajstić information content (AvgIpc) is 2.90. The van der Waals surface area contributed by atoms with Gasteiger partial charge < -0.3 is 15.5 Å². The van der Waals surface area contributed by atoms with Crippen LogP contribution in [0.1, 0.15) is 30.2 Å². The fourth-order valence-corrected chi connectivity index (χ4v) is 2.69. The number of rotatable bonds is 8. The summed E-state index contributed by atoms with van der Waals surface area (Å²) in [4.78, 5) is 12.2. The van der Waals surface area contributed by atoms with Gasteiger partial charge in [-0.3, -0.25) is 4.99 Å². The van der Waals surface area contributed by atoms with Crippen molar-refractivity contribution in [3.63, 3.8) is 0 Å². The Labute approximate surface area is 132 Å². The predicted octanol–water partition coefficient (Wildman–Crippen LogP) is 1.89. The number of nitrogens with zero attached hydrogens (tertiary/aromatic N) is 3. The summed E-state index contributed by atoms with van der Waals surface area (Å²) in [6.45, 7) is 9.33. The highest BCUT2D eigenvalue weighted by Crippen LogP contribution is 2.10. The molecule has 0 spiro atoms. The molecule has 0 aliphatic rings. The smallest absolute Gasteiger partial charge is 0.191 e. The van der Waals surface area contributed by atoms with E-state index in [0.29, 0.717) is 6.04 Å². The van der Waals surface area contributed by atoms with Crippen LogP contribution in [0, 0.1) is 6.92 Å². The first-order chi connectivity index (χ1) is 10.1. The molecule has 0 saturated heterocycles. The molecule has 1 aromatic heterocycles. The largest absolute Gasteiger partial charge is 0.356 e. The standard InChI is InChI=1S/C15H29N5S/c1-6-12(2)20(5)10-9-18-15(16-4)17-8-7-14-19-11-13(3)21-14/h11-12H,6-10H2,1-5H3,(H2,16,17,18). The van der Waals surface area contributed by atoms with Gasteiger partial charge in [0.1, 0.15) is 0 Å². The van der Waals surface area contributed by atoms with Crippen LogP contribution in [0.25, 0.3) is 0 Å². The second-order valence-electron chi connectivity index (χ2n) is 5.28. The van der Waals surface area contributed by atoms with Crippen molar-refractivity contribution in [3.05, 3.63) is 16.1 Å². The summed E-state index contributed by atoms with van der Waals surface area (Å²) < 4.78 is 0. The van der Waals surface area contributed by atoms with Crippen molar-refractivity contribution in [1.29, 1.82) is 0 Å². The average molecular weight is 311 g/mol. The molecule has 1 atom stereocenters. The molecule has 1 rings (SSSR count). The Morgan fingerprint density at radius 1 is 1.43 bits per heavy atom. The zero-order chi connectivity index (χ0) is 15.7. The van der Waals surface area contributed by atoms with Crippen molar-refractivity contribution >= 4 is 17.3 Å². The monoisotopic (exact) mass is 311 g/mol. The van der Waals surface area contributed by atoms with Crippen LogP contribution in [-0.2, 0) is 6.42 Å². The fraction of sp³-hybridized carbons (Fsp3) is 0.733. The van der Waals surface area contributed by atoms with E-state index in [4.69, 9.17) is 0 Å². The third-order valence-corrected chi connectivity index (χ3v) is 4.60. The lowest BCUT2D eigenvalue weighted by atomic mass is 10.2. The van der Waals surface area contributed by atoms with Crippen molar-refractivity contribution in [2.45, 2.75) is 39.7 Å². The van der Waals surface area contributed by atoms with Gasteiger partial charge in [-0.2, -0.15) is 0 Å². The number of hydrogen-bond acceptors (Lipinski definition) is 4. The summed E-state index contributed by atoms with van der Waals surface area (Å²) in [5.41, 5.74) is 0. The van der Waals surface area contributed by atoms with Gasteiger partial charge in [-0.15, -0.1) is 11.3 Å². The van der Waals surface area contributed by atoms with Crippen LogP contribution in [0.5, 0.6) is 0 Å². The molecule has 0 saturated carbocycles. The number of nitrogens with one attached hydrogen (secondary N) is 2. The minimum absolute atomic E-state index is 0.620. The highest BCUT2D eigenvalue weighted by molar-refractivity contribution is 7.11. The highest BCUT2D eigenvalue weighted by Gasteiger charge is 2.06. The molecule has 1 unspecified atom stereocenters. The number of likely N-dealkylation sites (N-methyl/N-ethyl adjacent to an activating group) is 1. The third kappa shape index (κ3) is 6.91. The summed E-state index contributed by atoms with van der Waals surface area (Å²) in [6.07, 6.45) is 4.04. The van der Waals surface area contributed by atoms with E-state index in [-0.39, 0.29) is 0 Å². The maximum atomic E-state index is 4.36. The van der Waals surface area contributed by atoms with Gasteiger partial charge in [0, 0.05) is 50.2 Å². The summed E-state index contributed by atoms with van der Waals surface area (Å²) in [6, 6.07) is 0.620. The highest BCUT2D eigenvalue weighted by atomic mass is 32.1. The molecule has 0 bridgehead atoms. The number of aromatic nitrogens is 1.